The molecule has 12 nitrogen and oxygen atoms in total. The molecule has 5 rings (SSSR count). The molecule has 3 heterocycles. The molecule has 1 aliphatic carbocycles. The number of nitro groups is 1. The summed E-state index contributed by atoms with van der Waals surface area (Å²) in [6.45, 7) is 2.60. The zero-order chi connectivity index (χ0) is 23.6. The number of hydrogen-bond acceptors (Lipinski definition) is 7. The van der Waals surface area contributed by atoms with Gasteiger partial charge in [-0.25, -0.2) is 14.6 Å². The highest BCUT2D eigenvalue weighted by Crippen LogP contribution is 2.42. The van der Waals surface area contributed by atoms with Gasteiger partial charge >= 0.3 is 11.9 Å². The topological polar surface area (TPSA) is 161 Å². The van der Waals surface area contributed by atoms with Crippen molar-refractivity contribution >= 4 is 34.2 Å². The average Bonchev–Trinajstić information content (AvgIpc) is 3.51. The summed E-state index contributed by atoms with van der Waals surface area (Å²) in [6.07, 6.45) is 4.41. The zero-order valence-electron chi connectivity index (χ0n) is 17.5. The number of fused-ring (bicyclic) bond motifs is 2. The summed E-state index contributed by atoms with van der Waals surface area (Å²) in [5.74, 6) is -2.06. The predicted octanol–water partition coefficient (Wildman–Crippen LogP) is 2.17. The lowest BCUT2D eigenvalue weighted by Crippen LogP contribution is -2.34. The van der Waals surface area contributed by atoms with E-state index < -0.39 is 27.9 Å². The molecule has 0 saturated heterocycles. The van der Waals surface area contributed by atoms with Crippen LogP contribution in [0.2, 0.25) is 0 Å². The second-order valence-electron chi connectivity index (χ2n) is 8.30. The highest BCUT2D eigenvalue weighted by molar-refractivity contribution is 5.97. The molecular formula is C21H19N5O7. The summed E-state index contributed by atoms with van der Waals surface area (Å²) >= 11 is 0. The second kappa shape index (κ2) is 7.15. The summed E-state index contributed by atoms with van der Waals surface area (Å²) in [4.78, 5) is 53.1. The van der Waals surface area contributed by atoms with E-state index in [0.29, 0.717) is 35.7 Å². The van der Waals surface area contributed by atoms with Crippen LogP contribution >= 0.6 is 0 Å². The van der Waals surface area contributed by atoms with Crippen molar-refractivity contribution < 1.29 is 24.7 Å². The minimum Gasteiger partial charge on any atom is -0.477 e. The number of carbonyl (C=O) groups is 2. The first-order valence-electron chi connectivity index (χ1n) is 10.3. The van der Waals surface area contributed by atoms with E-state index in [-0.39, 0.29) is 29.4 Å². The number of benzene rings is 1. The van der Waals surface area contributed by atoms with E-state index >= 15 is 0 Å². The Bertz CT molecular complexity index is 1430. The maximum absolute atomic E-state index is 12.9. The fourth-order valence-corrected chi connectivity index (χ4v) is 4.57. The van der Waals surface area contributed by atoms with Gasteiger partial charge in [0.05, 0.1) is 22.4 Å². The third-order valence-corrected chi connectivity index (χ3v) is 6.21. The number of anilines is 1. The van der Waals surface area contributed by atoms with E-state index in [4.69, 9.17) is 0 Å². The molecule has 0 spiro atoms. The number of nitrogens with zero attached hydrogens (tertiary/aromatic N) is 5. The van der Waals surface area contributed by atoms with E-state index in [2.05, 4.69) is 4.98 Å². The van der Waals surface area contributed by atoms with Gasteiger partial charge in [0.25, 0.3) is 5.69 Å². The molecule has 1 fully saturated rings. The maximum Gasteiger partial charge on any atom is 0.356 e. The lowest BCUT2D eigenvalue weighted by atomic mass is 10.0. The number of nitro benzene ring substituents is 1. The Kier molecular flexibility index (Phi) is 4.48. The van der Waals surface area contributed by atoms with Crippen molar-refractivity contribution in [1.82, 2.24) is 14.1 Å². The van der Waals surface area contributed by atoms with Gasteiger partial charge in [0.15, 0.2) is 5.69 Å². The summed E-state index contributed by atoms with van der Waals surface area (Å²) in [6, 6.07) is 1.19. The van der Waals surface area contributed by atoms with E-state index in [1.54, 1.807) is 21.0 Å². The third kappa shape index (κ3) is 3.22. The number of carboxylic acid groups (broad SMARTS) is 2. The Morgan fingerprint density at radius 1 is 1.18 bits per heavy atom. The number of aromatic nitrogens is 3. The number of rotatable bonds is 5. The molecule has 1 aliphatic heterocycles. The Balaban J connectivity index is 1.74. The molecule has 33 heavy (non-hydrogen) atoms. The van der Waals surface area contributed by atoms with Crippen LogP contribution in [0.5, 0.6) is 0 Å². The minimum atomic E-state index is -1.38. The van der Waals surface area contributed by atoms with Crippen molar-refractivity contribution in [3.05, 3.63) is 61.4 Å². The third-order valence-electron chi connectivity index (χ3n) is 6.21. The molecule has 1 saturated carbocycles. The predicted molar refractivity (Wildman–Crippen MR) is 115 cm³/mol. The Labute approximate surface area is 185 Å². The van der Waals surface area contributed by atoms with Gasteiger partial charge in [0.2, 0.25) is 5.43 Å². The molecule has 0 amide bonds. The maximum atomic E-state index is 12.9. The Morgan fingerprint density at radius 2 is 1.91 bits per heavy atom. The molecule has 170 valence electrons. The van der Waals surface area contributed by atoms with Crippen molar-refractivity contribution in [3.8, 4) is 0 Å². The van der Waals surface area contributed by atoms with E-state index in [1.807, 2.05) is 0 Å². The SMILES string of the molecule is Cc1c(N2CCn3cc(C(=O)O)nc3C2)c([N+](=O)[O-])cc2c(=O)c(C(=O)O)cn(C3CC3)c12. The van der Waals surface area contributed by atoms with Crippen LogP contribution in [-0.4, -0.2) is 47.7 Å². The first-order valence-corrected chi connectivity index (χ1v) is 10.3. The van der Waals surface area contributed by atoms with Gasteiger partial charge in [-0.15, -0.1) is 0 Å². The van der Waals surface area contributed by atoms with Gasteiger partial charge in [-0.2, -0.15) is 0 Å². The van der Waals surface area contributed by atoms with Crippen LogP contribution in [0.25, 0.3) is 10.9 Å². The number of imidazole rings is 1. The van der Waals surface area contributed by atoms with Crippen LogP contribution in [0, 0.1) is 17.0 Å². The average molecular weight is 453 g/mol. The highest BCUT2D eigenvalue weighted by atomic mass is 16.6. The van der Waals surface area contributed by atoms with Crippen LogP contribution < -0.4 is 10.3 Å². The lowest BCUT2D eigenvalue weighted by molar-refractivity contribution is -0.384. The van der Waals surface area contributed by atoms with Gasteiger partial charge < -0.3 is 24.2 Å². The summed E-state index contributed by atoms with van der Waals surface area (Å²) < 4.78 is 3.46. The van der Waals surface area contributed by atoms with Crippen LogP contribution in [0.15, 0.2) is 23.3 Å². The monoisotopic (exact) mass is 453 g/mol. The smallest absolute Gasteiger partial charge is 0.356 e. The molecule has 0 radical (unpaired) electrons. The quantitative estimate of drug-likeness (QED) is 0.436. The van der Waals surface area contributed by atoms with E-state index in [9.17, 15) is 34.7 Å². The fraction of sp³-hybridized carbons (Fsp3) is 0.333. The fourth-order valence-electron chi connectivity index (χ4n) is 4.57. The van der Waals surface area contributed by atoms with Crippen LogP contribution in [0.3, 0.4) is 0 Å². The number of pyridine rings is 1. The summed E-state index contributed by atoms with van der Waals surface area (Å²) in [7, 11) is 0. The first-order chi connectivity index (χ1) is 15.7. The molecule has 2 N–H and O–H groups in total. The lowest BCUT2D eigenvalue weighted by Gasteiger charge is -2.31. The van der Waals surface area contributed by atoms with E-state index in [1.165, 1.54) is 12.4 Å². The number of hydrogen-bond donors (Lipinski definition) is 2. The van der Waals surface area contributed by atoms with Crippen LogP contribution in [-0.2, 0) is 13.1 Å². The molecule has 2 aliphatic rings. The summed E-state index contributed by atoms with van der Waals surface area (Å²) in [5, 5.41) is 30.7. The largest absolute Gasteiger partial charge is 0.477 e. The number of aryl methyl sites for hydroxylation is 1. The van der Waals surface area contributed by atoms with Crippen molar-refractivity contribution in [2.75, 3.05) is 11.4 Å². The molecule has 2 aromatic heterocycles. The van der Waals surface area contributed by atoms with E-state index in [0.717, 1.165) is 18.9 Å². The van der Waals surface area contributed by atoms with Crippen molar-refractivity contribution in [2.24, 2.45) is 0 Å². The second-order valence-corrected chi connectivity index (χ2v) is 8.30. The molecule has 3 aromatic rings. The van der Waals surface area contributed by atoms with Gasteiger partial charge in [-0.1, -0.05) is 0 Å². The first kappa shape index (κ1) is 20.7. The minimum absolute atomic E-state index is 0.00132. The molecular weight excluding hydrogens is 434 g/mol. The van der Waals surface area contributed by atoms with Crippen molar-refractivity contribution in [3.63, 3.8) is 0 Å². The number of aromatic carboxylic acids is 2. The van der Waals surface area contributed by atoms with Crippen LogP contribution in [0.4, 0.5) is 11.4 Å². The van der Waals surface area contributed by atoms with Gasteiger partial charge in [-0.3, -0.25) is 14.9 Å². The Morgan fingerprint density at radius 3 is 2.52 bits per heavy atom. The molecule has 0 bridgehead atoms. The van der Waals surface area contributed by atoms with Gasteiger partial charge in [0, 0.05) is 43.2 Å². The standard InChI is InChI=1S/C21H19N5O7/c1-10-17-12(19(27)13(20(28)29)7-25(17)11-2-3-11)6-15(26(32)33)18(10)24-5-4-23-8-14(21(30)31)22-16(23)9-24/h6-8,11H,2-5,9H2,1H3,(H,28,29)(H,30,31). The molecule has 0 unspecified atom stereocenters. The van der Waals surface area contributed by atoms with Gasteiger partial charge in [-0.05, 0) is 19.8 Å². The summed E-state index contributed by atoms with van der Waals surface area (Å²) in [5.41, 5.74) is -0.285. The highest BCUT2D eigenvalue weighted by Gasteiger charge is 2.33. The number of carboxylic acids is 2. The molecule has 0 atom stereocenters. The molecule has 12 heteroatoms. The van der Waals surface area contributed by atoms with Crippen LogP contribution in [0.1, 0.15) is 51.1 Å². The van der Waals surface area contributed by atoms with Crippen molar-refractivity contribution in [2.45, 2.75) is 38.9 Å². The molecule has 1 aromatic carbocycles. The Hall–Kier alpha value is -4.22. The normalized spacial score (nSPS) is 15.5. The zero-order valence-corrected chi connectivity index (χ0v) is 17.5. The van der Waals surface area contributed by atoms with Crippen molar-refractivity contribution in [1.29, 1.82) is 0 Å². The van der Waals surface area contributed by atoms with Gasteiger partial charge in [0.1, 0.15) is 17.1 Å².